The summed E-state index contributed by atoms with van der Waals surface area (Å²) in [6.07, 6.45) is 11.4. The smallest absolute Gasteiger partial charge is 0.237 e. The number of carbonyl (C=O) groups excluding carboxylic acids is 2. The number of nitrogens with one attached hydrogen (secondary N) is 1. The lowest BCUT2D eigenvalue weighted by Crippen LogP contribution is -2.47. The van der Waals surface area contributed by atoms with Crippen LogP contribution in [-0.4, -0.2) is 59.9 Å². The average molecular weight is 350 g/mol. The summed E-state index contributed by atoms with van der Waals surface area (Å²) >= 11 is 0. The van der Waals surface area contributed by atoms with E-state index >= 15 is 0 Å². The molecule has 0 aromatic heterocycles. The van der Waals surface area contributed by atoms with Gasteiger partial charge in [-0.3, -0.25) is 14.5 Å². The van der Waals surface area contributed by atoms with Gasteiger partial charge in [0.1, 0.15) is 0 Å². The number of likely N-dealkylation sites (tertiary alicyclic amines) is 2. The summed E-state index contributed by atoms with van der Waals surface area (Å²) in [6, 6.07) is 0.328. The highest BCUT2D eigenvalue weighted by molar-refractivity contribution is 5.81. The maximum Gasteiger partial charge on any atom is 0.237 e. The van der Waals surface area contributed by atoms with Crippen molar-refractivity contribution in [2.45, 2.75) is 83.2 Å². The first kappa shape index (κ1) is 18.7. The van der Waals surface area contributed by atoms with Crippen LogP contribution in [0, 0.1) is 5.92 Å². The minimum atomic E-state index is -0.0587. The van der Waals surface area contributed by atoms with E-state index in [-0.39, 0.29) is 11.9 Å². The fourth-order valence-corrected chi connectivity index (χ4v) is 4.80. The Hall–Kier alpha value is -1.10. The molecule has 142 valence electrons. The normalized spacial score (nSPS) is 28.0. The monoisotopic (exact) mass is 349 g/mol. The van der Waals surface area contributed by atoms with Crippen molar-refractivity contribution in [3.63, 3.8) is 0 Å². The fourth-order valence-electron chi connectivity index (χ4n) is 4.80. The van der Waals surface area contributed by atoms with Crippen molar-refractivity contribution in [2.75, 3.05) is 26.2 Å². The molecule has 0 aromatic carbocycles. The molecule has 1 N–H and O–H groups in total. The van der Waals surface area contributed by atoms with Gasteiger partial charge in [-0.15, -0.1) is 0 Å². The Bertz CT molecular complexity index is 462. The maximum atomic E-state index is 12.6. The molecular formula is C20H35N3O2. The molecule has 1 aliphatic carbocycles. The third-order valence-corrected chi connectivity index (χ3v) is 6.50. The first-order chi connectivity index (χ1) is 12.1. The van der Waals surface area contributed by atoms with Crippen LogP contribution in [0.25, 0.3) is 0 Å². The van der Waals surface area contributed by atoms with Gasteiger partial charge in [-0.05, 0) is 57.9 Å². The van der Waals surface area contributed by atoms with Crippen molar-refractivity contribution in [3.8, 4) is 0 Å². The summed E-state index contributed by atoms with van der Waals surface area (Å²) in [7, 11) is 0. The third kappa shape index (κ3) is 4.96. The molecule has 0 spiro atoms. The molecule has 3 fully saturated rings. The molecule has 0 radical (unpaired) electrons. The van der Waals surface area contributed by atoms with Gasteiger partial charge in [0.25, 0.3) is 0 Å². The Balaban J connectivity index is 1.44. The van der Waals surface area contributed by atoms with Crippen molar-refractivity contribution in [2.24, 2.45) is 5.92 Å². The maximum absolute atomic E-state index is 12.6. The van der Waals surface area contributed by atoms with E-state index in [1.54, 1.807) is 0 Å². The first-order valence-corrected chi connectivity index (χ1v) is 10.5. The molecule has 2 unspecified atom stereocenters. The zero-order valence-corrected chi connectivity index (χ0v) is 15.8. The molecule has 2 heterocycles. The van der Waals surface area contributed by atoms with E-state index in [4.69, 9.17) is 0 Å². The number of amides is 2. The summed E-state index contributed by atoms with van der Waals surface area (Å²) < 4.78 is 0. The summed E-state index contributed by atoms with van der Waals surface area (Å²) in [6.45, 7) is 5.71. The molecule has 5 nitrogen and oxygen atoms in total. The number of nitrogens with zero attached hydrogens (tertiary/aromatic N) is 2. The molecule has 2 amide bonds. The second-order valence-corrected chi connectivity index (χ2v) is 8.24. The van der Waals surface area contributed by atoms with Crippen LogP contribution in [0.3, 0.4) is 0 Å². The van der Waals surface area contributed by atoms with Crippen LogP contribution < -0.4 is 5.32 Å². The second kappa shape index (κ2) is 9.02. The average Bonchev–Trinajstić information content (AvgIpc) is 2.92. The van der Waals surface area contributed by atoms with Crippen LogP contribution in [0.4, 0.5) is 0 Å². The highest BCUT2D eigenvalue weighted by Crippen LogP contribution is 2.24. The molecule has 5 heteroatoms. The Labute approximate surface area is 152 Å². The van der Waals surface area contributed by atoms with E-state index in [9.17, 15) is 9.59 Å². The van der Waals surface area contributed by atoms with E-state index in [2.05, 4.69) is 15.1 Å². The van der Waals surface area contributed by atoms with Gasteiger partial charge in [0.15, 0.2) is 0 Å². The minimum Gasteiger partial charge on any atom is -0.354 e. The predicted molar refractivity (Wildman–Crippen MR) is 99.2 cm³/mol. The van der Waals surface area contributed by atoms with Crippen molar-refractivity contribution in [1.29, 1.82) is 0 Å². The van der Waals surface area contributed by atoms with Gasteiger partial charge in [-0.1, -0.05) is 19.3 Å². The largest absolute Gasteiger partial charge is 0.354 e. The molecule has 2 saturated heterocycles. The van der Waals surface area contributed by atoms with Crippen molar-refractivity contribution >= 4 is 11.8 Å². The van der Waals surface area contributed by atoms with Crippen molar-refractivity contribution < 1.29 is 9.59 Å². The second-order valence-electron chi connectivity index (χ2n) is 8.24. The standard InChI is InChI=1S/C20H35N3O2/c1-16(20(25)21-15-17-7-3-2-4-8-17)22-12-5-9-18(11-14-22)23-13-6-10-19(23)24/h16-18H,2-15H2,1H3,(H,21,25). The van der Waals surface area contributed by atoms with E-state index < -0.39 is 0 Å². The highest BCUT2D eigenvalue weighted by atomic mass is 16.2. The van der Waals surface area contributed by atoms with Crippen molar-refractivity contribution in [3.05, 3.63) is 0 Å². The van der Waals surface area contributed by atoms with E-state index in [1.807, 2.05) is 6.92 Å². The van der Waals surface area contributed by atoms with Gasteiger partial charge in [0.2, 0.25) is 11.8 Å². The molecule has 2 atom stereocenters. The van der Waals surface area contributed by atoms with Crippen molar-refractivity contribution in [1.82, 2.24) is 15.1 Å². The van der Waals surface area contributed by atoms with Crippen LogP contribution in [0.2, 0.25) is 0 Å². The van der Waals surface area contributed by atoms with Crippen LogP contribution in [0.1, 0.15) is 71.1 Å². The summed E-state index contributed by atoms with van der Waals surface area (Å²) in [5.41, 5.74) is 0. The Morgan fingerprint density at radius 2 is 1.84 bits per heavy atom. The SMILES string of the molecule is CC(C(=O)NCC1CCCCC1)N1CCCC(N2CCCC2=O)CC1. The van der Waals surface area contributed by atoms with Gasteiger partial charge >= 0.3 is 0 Å². The number of hydrogen-bond acceptors (Lipinski definition) is 3. The summed E-state index contributed by atoms with van der Waals surface area (Å²) in [5, 5.41) is 3.20. The van der Waals surface area contributed by atoms with E-state index in [0.717, 1.165) is 58.3 Å². The minimum absolute atomic E-state index is 0.0587. The summed E-state index contributed by atoms with van der Waals surface area (Å²) in [5.74, 6) is 1.19. The quantitative estimate of drug-likeness (QED) is 0.830. The molecule has 3 aliphatic rings. The van der Waals surface area contributed by atoms with Crippen LogP contribution in [0.15, 0.2) is 0 Å². The van der Waals surface area contributed by atoms with Gasteiger partial charge in [0.05, 0.1) is 6.04 Å². The number of hydrogen-bond donors (Lipinski definition) is 1. The Kier molecular flexibility index (Phi) is 6.74. The Morgan fingerprint density at radius 1 is 1.04 bits per heavy atom. The molecule has 0 bridgehead atoms. The molecule has 1 saturated carbocycles. The molecular weight excluding hydrogens is 314 g/mol. The topological polar surface area (TPSA) is 52.7 Å². The molecule has 25 heavy (non-hydrogen) atoms. The first-order valence-electron chi connectivity index (χ1n) is 10.5. The third-order valence-electron chi connectivity index (χ3n) is 6.50. The summed E-state index contributed by atoms with van der Waals surface area (Å²) in [4.78, 5) is 29.0. The predicted octanol–water partition coefficient (Wildman–Crippen LogP) is 2.55. The number of rotatable bonds is 5. The highest BCUT2D eigenvalue weighted by Gasteiger charge is 2.31. The van der Waals surface area contributed by atoms with Crippen LogP contribution in [-0.2, 0) is 9.59 Å². The Morgan fingerprint density at radius 3 is 2.56 bits per heavy atom. The van der Waals surface area contributed by atoms with Crippen LogP contribution in [0.5, 0.6) is 0 Å². The van der Waals surface area contributed by atoms with E-state index in [0.29, 0.717) is 17.9 Å². The van der Waals surface area contributed by atoms with Gasteiger partial charge in [0, 0.05) is 32.1 Å². The molecule has 2 aliphatic heterocycles. The van der Waals surface area contributed by atoms with E-state index in [1.165, 1.54) is 32.1 Å². The zero-order valence-electron chi connectivity index (χ0n) is 15.8. The van der Waals surface area contributed by atoms with Gasteiger partial charge < -0.3 is 10.2 Å². The fraction of sp³-hybridized carbons (Fsp3) is 0.900. The van der Waals surface area contributed by atoms with Gasteiger partial charge in [-0.2, -0.15) is 0 Å². The van der Waals surface area contributed by atoms with Crippen LogP contribution >= 0.6 is 0 Å². The lowest BCUT2D eigenvalue weighted by atomic mass is 9.89. The van der Waals surface area contributed by atoms with Gasteiger partial charge in [-0.25, -0.2) is 0 Å². The number of carbonyl (C=O) groups is 2. The zero-order chi connectivity index (χ0) is 17.6. The molecule has 3 rings (SSSR count). The molecule has 0 aromatic rings. The lowest BCUT2D eigenvalue weighted by molar-refractivity contribution is -0.130. The lowest BCUT2D eigenvalue weighted by Gasteiger charge is -2.29.